The Morgan fingerprint density at radius 3 is 2.81 bits per heavy atom. The molecule has 2 rings (SSSR count). The molecule has 2 N–H and O–H groups in total. The third kappa shape index (κ3) is 4.35. The van der Waals surface area contributed by atoms with Gasteiger partial charge in [-0.2, -0.15) is 0 Å². The molecule has 1 saturated carbocycles. The second-order valence-corrected chi connectivity index (χ2v) is 6.32. The topological polar surface area (TPSA) is 52.6 Å². The summed E-state index contributed by atoms with van der Waals surface area (Å²) in [6.45, 7) is 2.49. The normalized spacial score (nSPS) is 21.9. The minimum atomic E-state index is -0.286. The van der Waals surface area contributed by atoms with Crippen LogP contribution >= 0.6 is 11.6 Å². The molecule has 2 unspecified atom stereocenters. The fourth-order valence-electron chi connectivity index (χ4n) is 2.81. The molecule has 0 heterocycles. The van der Waals surface area contributed by atoms with Crippen molar-refractivity contribution in [2.24, 2.45) is 5.92 Å². The predicted molar refractivity (Wildman–Crippen MR) is 85.8 cm³/mol. The molecule has 1 fully saturated rings. The fourth-order valence-corrected chi connectivity index (χ4v) is 3.04. The lowest BCUT2D eigenvalue weighted by Crippen LogP contribution is -2.40. The number of aryl methyl sites for hydroxylation is 1. The zero-order valence-corrected chi connectivity index (χ0v) is 13.4. The molecule has 1 aliphatic rings. The molecule has 2 atom stereocenters. The molecule has 1 aromatic rings. The summed E-state index contributed by atoms with van der Waals surface area (Å²) in [5.74, 6) is 0.181. The van der Waals surface area contributed by atoms with Crippen molar-refractivity contribution in [2.45, 2.75) is 38.7 Å². The summed E-state index contributed by atoms with van der Waals surface area (Å²) in [5.41, 5.74) is 1.70. The number of benzene rings is 1. The number of amides is 2. The first kappa shape index (κ1) is 16.1. The van der Waals surface area contributed by atoms with Crippen LogP contribution in [-0.4, -0.2) is 35.7 Å². The Balaban J connectivity index is 1.92. The lowest BCUT2D eigenvalue weighted by Gasteiger charge is -2.31. The van der Waals surface area contributed by atoms with Crippen LogP contribution in [0.3, 0.4) is 0 Å². The number of hydrogen-bond acceptors (Lipinski definition) is 2. The van der Waals surface area contributed by atoms with Crippen molar-refractivity contribution in [3.05, 3.63) is 28.8 Å². The SMILES string of the molecule is Cc1cc(Cl)ccc1NC(=O)N(C)CC1CCCCC1O. The van der Waals surface area contributed by atoms with Crippen LogP contribution < -0.4 is 5.32 Å². The van der Waals surface area contributed by atoms with Crippen LogP contribution in [0.15, 0.2) is 18.2 Å². The number of carbonyl (C=O) groups is 1. The van der Waals surface area contributed by atoms with Gasteiger partial charge in [-0.05, 0) is 43.5 Å². The van der Waals surface area contributed by atoms with Gasteiger partial charge in [-0.15, -0.1) is 0 Å². The van der Waals surface area contributed by atoms with Crippen molar-refractivity contribution in [3.63, 3.8) is 0 Å². The summed E-state index contributed by atoms with van der Waals surface area (Å²) < 4.78 is 0. The quantitative estimate of drug-likeness (QED) is 0.895. The highest BCUT2D eigenvalue weighted by Gasteiger charge is 2.25. The zero-order chi connectivity index (χ0) is 15.4. The molecular weight excluding hydrogens is 288 g/mol. The summed E-state index contributed by atoms with van der Waals surface area (Å²) in [6.07, 6.45) is 3.76. The average molecular weight is 311 g/mol. The molecule has 4 nitrogen and oxygen atoms in total. The molecule has 5 heteroatoms. The number of nitrogens with zero attached hydrogens (tertiary/aromatic N) is 1. The van der Waals surface area contributed by atoms with Crippen molar-refractivity contribution >= 4 is 23.3 Å². The number of rotatable bonds is 3. The van der Waals surface area contributed by atoms with Crippen molar-refractivity contribution < 1.29 is 9.90 Å². The van der Waals surface area contributed by atoms with Crippen LogP contribution in [-0.2, 0) is 0 Å². The summed E-state index contributed by atoms with van der Waals surface area (Å²) >= 11 is 5.91. The van der Waals surface area contributed by atoms with E-state index < -0.39 is 0 Å². The minimum absolute atomic E-state index is 0.154. The monoisotopic (exact) mass is 310 g/mol. The first-order valence-electron chi connectivity index (χ1n) is 7.43. The Morgan fingerprint density at radius 2 is 2.14 bits per heavy atom. The van der Waals surface area contributed by atoms with Crippen molar-refractivity contribution in [2.75, 3.05) is 18.9 Å². The summed E-state index contributed by atoms with van der Waals surface area (Å²) in [4.78, 5) is 13.9. The van der Waals surface area contributed by atoms with E-state index in [1.54, 1.807) is 24.1 Å². The van der Waals surface area contributed by atoms with E-state index in [0.29, 0.717) is 11.6 Å². The van der Waals surface area contributed by atoms with Crippen LogP contribution in [0.2, 0.25) is 5.02 Å². The van der Waals surface area contributed by atoms with E-state index in [9.17, 15) is 9.90 Å². The molecule has 0 aromatic heterocycles. The minimum Gasteiger partial charge on any atom is -0.393 e. The van der Waals surface area contributed by atoms with Crippen molar-refractivity contribution in [1.29, 1.82) is 0 Å². The summed E-state index contributed by atoms with van der Waals surface area (Å²) in [7, 11) is 1.77. The maximum atomic E-state index is 12.2. The maximum absolute atomic E-state index is 12.2. The molecule has 0 saturated heterocycles. The number of anilines is 1. The molecule has 1 aromatic carbocycles. The van der Waals surface area contributed by atoms with Crippen LogP contribution in [0, 0.1) is 12.8 Å². The van der Waals surface area contributed by atoms with Crippen LogP contribution in [0.1, 0.15) is 31.2 Å². The number of urea groups is 1. The van der Waals surface area contributed by atoms with E-state index in [1.165, 1.54) is 0 Å². The van der Waals surface area contributed by atoms with E-state index in [1.807, 2.05) is 13.0 Å². The molecule has 0 radical (unpaired) electrons. The Kier molecular flexibility index (Phi) is 5.48. The third-order valence-electron chi connectivity index (χ3n) is 4.15. The predicted octanol–water partition coefficient (Wildman–Crippen LogP) is 3.66. The molecule has 21 heavy (non-hydrogen) atoms. The lowest BCUT2D eigenvalue weighted by molar-refractivity contribution is 0.0575. The number of carbonyl (C=O) groups excluding carboxylic acids is 1. The number of halogens is 1. The van der Waals surface area contributed by atoms with Gasteiger partial charge < -0.3 is 15.3 Å². The number of hydrogen-bond donors (Lipinski definition) is 2. The highest BCUT2D eigenvalue weighted by atomic mass is 35.5. The smallest absolute Gasteiger partial charge is 0.321 e. The van der Waals surface area contributed by atoms with E-state index in [-0.39, 0.29) is 18.1 Å². The standard InChI is InChI=1S/C16H23ClN2O2/c1-11-9-13(17)7-8-14(11)18-16(21)19(2)10-12-5-3-4-6-15(12)20/h7-9,12,15,20H,3-6,10H2,1-2H3,(H,18,21). The largest absolute Gasteiger partial charge is 0.393 e. The van der Waals surface area contributed by atoms with Crippen molar-refractivity contribution in [3.8, 4) is 0 Å². The van der Waals surface area contributed by atoms with Gasteiger partial charge in [0, 0.05) is 30.2 Å². The van der Waals surface area contributed by atoms with Gasteiger partial charge in [-0.25, -0.2) is 4.79 Å². The molecule has 2 amide bonds. The van der Waals surface area contributed by atoms with Crippen LogP contribution in [0.5, 0.6) is 0 Å². The van der Waals surface area contributed by atoms with Crippen molar-refractivity contribution in [1.82, 2.24) is 4.90 Å². The van der Waals surface area contributed by atoms with Gasteiger partial charge in [-0.1, -0.05) is 24.4 Å². The first-order chi connectivity index (χ1) is 9.97. The third-order valence-corrected chi connectivity index (χ3v) is 4.39. The molecule has 0 bridgehead atoms. The second kappa shape index (κ2) is 7.14. The van der Waals surface area contributed by atoms with Crippen LogP contribution in [0.25, 0.3) is 0 Å². The maximum Gasteiger partial charge on any atom is 0.321 e. The molecule has 1 aliphatic carbocycles. The Labute approximate surface area is 131 Å². The lowest BCUT2D eigenvalue weighted by atomic mass is 9.86. The highest BCUT2D eigenvalue weighted by Crippen LogP contribution is 2.25. The Hall–Kier alpha value is -1.26. The van der Waals surface area contributed by atoms with Gasteiger partial charge >= 0.3 is 6.03 Å². The second-order valence-electron chi connectivity index (χ2n) is 5.88. The average Bonchev–Trinajstić information content (AvgIpc) is 2.44. The molecule has 0 aliphatic heterocycles. The van der Waals surface area contributed by atoms with E-state index in [4.69, 9.17) is 11.6 Å². The van der Waals surface area contributed by atoms with Gasteiger partial charge in [-0.3, -0.25) is 0 Å². The highest BCUT2D eigenvalue weighted by molar-refractivity contribution is 6.30. The van der Waals surface area contributed by atoms with E-state index >= 15 is 0 Å². The number of aliphatic hydroxyl groups excluding tert-OH is 1. The van der Waals surface area contributed by atoms with Gasteiger partial charge in [0.15, 0.2) is 0 Å². The van der Waals surface area contributed by atoms with E-state index in [2.05, 4.69) is 5.32 Å². The summed E-state index contributed by atoms with van der Waals surface area (Å²) in [5, 5.41) is 13.5. The Bertz CT molecular complexity index is 507. The number of aliphatic hydroxyl groups is 1. The molecule has 0 spiro atoms. The first-order valence-corrected chi connectivity index (χ1v) is 7.81. The summed E-state index contributed by atoms with van der Waals surface area (Å²) in [6, 6.07) is 5.23. The van der Waals surface area contributed by atoms with E-state index in [0.717, 1.165) is 36.9 Å². The molecular formula is C16H23ClN2O2. The molecule has 116 valence electrons. The van der Waals surface area contributed by atoms with Gasteiger partial charge in [0.1, 0.15) is 0 Å². The van der Waals surface area contributed by atoms with Crippen LogP contribution in [0.4, 0.5) is 10.5 Å². The Morgan fingerprint density at radius 1 is 1.43 bits per heavy atom. The van der Waals surface area contributed by atoms with Gasteiger partial charge in [0.25, 0.3) is 0 Å². The number of nitrogens with one attached hydrogen (secondary N) is 1. The zero-order valence-electron chi connectivity index (χ0n) is 12.6. The van der Waals surface area contributed by atoms with Gasteiger partial charge in [0.2, 0.25) is 0 Å². The fraction of sp³-hybridized carbons (Fsp3) is 0.562. The van der Waals surface area contributed by atoms with Gasteiger partial charge in [0.05, 0.1) is 6.10 Å².